The van der Waals surface area contributed by atoms with Crippen LogP contribution in [0, 0.1) is 0 Å². The van der Waals surface area contributed by atoms with Gasteiger partial charge in [0.2, 0.25) is 5.91 Å². The number of aromatic nitrogens is 2. The molecular formula is C28H29N5O4. The van der Waals surface area contributed by atoms with Gasteiger partial charge in [-0.05, 0) is 55.5 Å². The van der Waals surface area contributed by atoms with Crippen molar-refractivity contribution in [2.75, 3.05) is 18.6 Å². The average molecular weight is 500 g/mol. The normalized spacial score (nSPS) is 20.4. The first-order valence-electron chi connectivity index (χ1n) is 12.6. The highest BCUT2D eigenvalue weighted by Crippen LogP contribution is 2.39. The van der Waals surface area contributed by atoms with Crippen LogP contribution in [0.25, 0.3) is 0 Å². The van der Waals surface area contributed by atoms with Gasteiger partial charge in [0.25, 0.3) is 11.8 Å². The second-order valence-corrected chi connectivity index (χ2v) is 10.1. The number of para-hydroxylation sites is 1. The lowest BCUT2D eigenvalue weighted by Crippen LogP contribution is -2.64. The number of imidazole rings is 1. The molecule has 3 amide bonds. The molecule has 1 aliphatic carbocycles. The molecular weight excluding hydrogens is 470 g/mol. The molecule has 0 saturated heterocycles. The van der Waals surface area contributed by atoms with Crippen LogP contribution >= 0.6 is 0 Å². The molecule has 9 nitrogen and oxygen atoms in total. The number of rotatable bonds is 6. The molecule has 9 heteroatoms. The fraction of sp³-hybridized carbons (Fsp3) is 0.357. The molecule has 0 bridgehead atoms. The molecule has 3 aliphatic rings. The number of hydrogen-bond acceptors (Lipinski definition) is 5. The molecule has 2 aromatic carbocycles. The summed E-state index contributed by atoms with van der Waals surface area (Å²) in [6.45, 7) is 2.92. The van der Waals surface area contributed by atoms with Crippen LogP contribution in [0.4, 0.5) is 5.69 Å². The quantitative estimate of drug-likeness (QED) is 0.563. The Balaban J connectivity index is 1.27. The number of anilines is 1. The van der Waals surface area contributed by atoms with E-state index < -0.39 is 5.54 Å². The number of fused-ring (bicyclic) bond motifs is 2. The molecule has 0 spiro atoms. The van der Waals surface area contributed by atoms with Crippen molar-refractivity contribution in [2.24, 2.45) is 0 Å². The van der Waals surface area contributed by atoms with Crippen LogP contribution in [0.2, 0.25) is 0 Å². The fourth-order valence-corrected chi connectivity index (χ4v) is 5.50. The number of carbonyl (C=O) groups excluding carboxylic acids is 3. The molecule has 37 heavy (non-hydrogen) atoms. The van der Waals surface area contributed by atoms with Gasteiger partial charge in [0.15, 0.2) is 5.69 Å². The van der Waals surface area contributed by atoms with E-state index in [2.05, 4.69) is 10.3 Å². The van der Waals surface area contributed by atoms with Crippen LogP contribution in [0.5, 0.6) is 5.75 Å². The summed E-state index contributed by atoms with van der Waals surface area (Å²) in [6.07, 6.45) is 3.96. The number of methoxy groups -OCH3 is 1. The molecule has 1 N–H and O–H groups in total. The maximum Gasteiger partial charge on any atom is 0.279 e. The van der Waals surface area contributed by atoms with E-state index in [9.17, 15) is 14.4 Å². The van der Waals surface area contributed by atoms with Crippen LogP contribution in [0.3, 0.4) is 0 Å². The Bertz CT molecular complexity index is 1390. The third-order valence-corrected chi connectivity index (χ3v) is 7.62. The lowest BCUT2D eigenvalue weighted by atomic mass is 9.93. The minimum absolute atomic E-state index is 0.0247. The van der Waals surface area contributed by atoms with E-state index in [0.717, 1.165) is 41.8 Å². The Morgan fingerprint density at radius 2 is 1.89 bits per heavy atom. The van der Waals surface area contributed by atoms with Gasteiger partial charge in [-0.3, -0.25) is 14.4 Å². The van der Waals surface area contributed by atoms with E-state index in [1.54, 1.807) is 28.4 Å². The monoisotopic (exact) mass is 499 g/mol. The summed E-state index contributed by atoms with van der Waals surface area (Å²) in [5.41, 5.74) is 2.21. The molecule has 1 atom stereocenters. The second-order valence-electron chi connectivity index (χ2n) is 10.1. The molecule has 0 radical (unpaired) electrons. The van der Waals surface area contributed by atoms with Crippen molar-refractivity contribution in [3.8, 4) is 5.75 Å². The lowest BCUT2D eigenvalue weighted by Gasteiger charge is -2.44. The van der Waals surface area contributed by atoms with Gasteiger partial charge >= 0.3 is 0 Å². The van der Waals surface area contributed by atoms with Crippen LogP contribution in [-0.4, -0.2) is 57.4 Å². The summed E-state index contributed by atoms with van der Waals surface area (Å²) in [5.74, 6) is -0.0842. The fourth-order valence-electron chi connectivity index (χ4n) is 5.50. The summed E-state index contributed by atoms with van der Waals surface area (Å²) in [5, 5.41) is 3.01. The second kappa shape index (κ2) is 8.76. The highest BCUT2D eigenvalue weighted by Gasteiger charge is 2.54. The van der Waals surface area contributed by atoms with Gasteiger partial charge < -0.3 is 24.4 Å². The van der Waals surface area contributed by atoms with Gasteiger partial charge in [0.05, 0.1) is 20.0 Å². The summed E-state index contributed by atoms with van der Waals surface area (Å²) < 4.78 is 6.87. The van der Waals surface area contributed by atoms with Crippen molar-refractivity contribution in [1.29, 1.82) is 0 Å². The topological polar surface area (TPSA) is 96.8 Å². The summed E-state index contributed by atoms with van der Waals surface area (Å²) in [4.78, 5) is 48.8. The average Bonchev–Trinajstić information content (AvgIpc) is 3.49. The van der Waals surface area contributed by atoms with Gasteiger partial charge in [0, 0.05) is 24.8 Å². The lowest BCUT2D eigenvalue weighted by molar-refractivity contribution is -0.133. The predicted molar refractivity (Wildman–Crippen MR) is 136 cm³/mol. The Labute approximate surface area is 215 Å². The Morgan fingerprint density at radius 3 is 2.62 bits per heavy atom. The van der Waals surface area contributed by atoms with E-state index in [0.29, 0.717) is 13.1 Å². The smallest absolute Gasteiger partial charge is 0.279 e. The van der Waals surface area contributed by atoms with E-state index in [1.165, 1.54) is 6.33 Å². The van der Waals surface area contributed by atoms with Crippen molar-refractivity contribution in [1.82, 2.24) is 19.8 Å². The van der Waals surface area contributed by atoms with Gasteiger partial charge in [-0.2, -0.15) is 0 Å². The minimum Gasteiger partial charge on any atom is -0.497 e. The first-order valence-corrected chi connectivity index (χ1v) is 12.6. The molecule has 3 heterocycles. The summed E-state index contributed by atoms with van der Waals surface area (Å²) in [6, 6.07) is 15.3. The van der Waals surface area contributed by atoms with Crippen LogP contribution in [0.15, 0.2) is 54.9 Å². The van der Waals surface area contributed by atoms with Crippen molar-refractivity contribution in [3.05, 3.63) is 77.4 Å². The minimum atomic E-state index is -1.10. The van der Waals surface area contributed by atoms with Gasteiger partial charge in [0.1, 0.15) is 17.0 Å². The highest BCUT2D eigenvalue weighted by molar-refractivity contribution is 6.13. The maximum atomic E-state index is 13.9. The predicted octanol–water partition coefficient (Wildman–Crippen LogP) is 2.79. The molecule has 3 aromatic rings. The zero-order valence-electron chi connectivity index (χ0n) is 20.9. The standard InChI is InChI=1S/C28H29N5O4/c1-28(27(36)29-15-18-7-11-21(37-2)12-8-18)16-31-17-30-23(24(31)26(35)33(28)20-9-10-20)25(34)32-14-13-19-5-3-4-6-22(19)32/h3-8,11-12,17,20H,9-10,13-16H2,1-2H3,(H,29,36)/t28-/m1/s1. The highest BCUT2D eigenvalue weighted by atomic mass is 16.5. The van der Waals surface area contributed by atoms with E-state index >= 15 is 0 Å². The first kappa shape index (κ1) is 23.3. The molecule has 190 valence electrons. The Morgan fingerprint density at radius 1 is 1.14 bits per heavy atom. The van der Waals surface area contributed by atoms with Crippen molar-refractivity contribution in [2.45, 2.75) is 50.9 Å². The zero-order chi connectivity index (χ0) is 25.7. The molecule has 2 aliphatic heterocycles. The van der Waals surface area contributed by atoms with Gasteiger partial charge in [-0.25, -0.2) is 4.98 Å². The third-order valence-electron chi connectivity index (χ3n) is 7.62. The SMILES string of the molecule is COc1ccc(CNC(=O)[C@@]2(C)Cn3cnc(C(=O)N4CCc5ccccc54)c3C(=O)N2C2CC2)cc1. The summed E-state index contributed by atoms with van der Waals surface area (Å²) in [7, 11) is 1.61. The molecule has 0 unspecified atom stereocenters. The van der Waals surface area contributed by atoms with Crippen LogP contribution in [0.1, 0.15) is 51.9 Å². The van der Waals surface area contributed by atoms with E-state index in [-0.39, 0.29) is 41.7 Å². The number of ether oxygens (including phenoxy) is 1. The number of nitrogens with zero attached hydrogens (tertiary/aromatic N) is 4. The number of hydrogen-bond donors (Lipinski definition) is 1. The largest absolute Gasteiger partial charge is 0.497 e. The van der Waals surface area contributed by atoms with Crippen molar-refractivity contribution < 1.29 is 19.1 Å². The van der Waals surface area contributed by atoms with Crippen molar-refractivity contribution >= 4 is 23.4 Å². The number of amides is 3. The number of carbonyl (C=O) groups is 3. The Hall–Kier alpha value is -4.14. The third kappa shape index (κ3) is 3.85. The van der Waals surface area contributed by atoms with Gasteiger partial charge in [-0.15, -0.1) is 0 Å². The zero-order valence-corrected chi connectivity index (χ0v) is 20.9. The van der Waals surface area contributed by atoms with E-state index in [1.807, 2.05) is 48.5 Å². The van der Waals surface area contributed by atoms with E-state index in [4.69, 9.17) is 4.74 Å². The summed E-state index contributed by atoms with van der Waals surface area (Å²) >= 11 is 0. The van der Waals surface area contributed by atoms with Crippen LogP contribution in [-0.2, 0) is 24.3 Å². The van der Waals surface area contributed by atoms with Crippen LogP contribution < -0.4 is 15.0 Å². The van der Waals surface area contributed by atoms with Gasteiger partial charge in [-0.1, -0.05) is 30.3 Å². The molecule has 6 rings (SSSR count). The van der Waals surface area contributed by atoms with Crippen molar-refractivity contribution in [3.63, 3.8) is 0 Å². The number of benzene rings is 2. The first-order chi connectivity index (χ1) is 17.9. The molecule has 1 fully saturated rings. The Kier molecular flexibility index (Phi) is 5.51. The maximum absolute atomic E-state index is 13.9. The molecule has 1 saturated carbocycles. The molecule has 1 aromatic heterocycles. The number of nitrogens with one attached hydrogen (secondary N) is 1.